The van der Waals surface area contributed by atoms with Gasteiger partial charge >= 0.3 is 0 Å². The first-order valence-electron chi connectivity index (χ1n) is 7.00. The van der Waals surface area contributed by atoms with E-state index in [4.69, 9.17) is 0 Å². The molecule has 0 unspecified atom stereocenters. The maximum atomic E-state index is 14.4. The summed E-state index contributed by atoms with van der Waals surface area (Å²) in [7, 11) is 0. The molecule has 0 saturated heterocycles. The number of anilines is 1. The zero-order chi connectivity index (χ0) is 17.6. The van der Waals surface area contributed by atoms with Gasteiger partial charge in [0.15, 0.2) is 16.8 Å². The maximum absolute atomic E-state index is 14.4. The van der Waals surface area contributed by atoms with E-state index in [0.29, 0.717) is 38.5 Å². The molecule has 0 fully saturated rings. The minimum Gasteiger partial charge on any atom is -0.305 e. The van der Waals surface area contributed by atoms with Crippen molar-refractivity contribution in [1.29, 1.82) is 0 Å². The zero-order valence-electron chi connectivity index (χ0n) is 12.6. The van der Waals surface area contributed by atoms with Gasteiger partial charge in [0.05, 0.1) is 16.8 Å². The normalized spacial score (nSPS) is 11.3. The lowest BCUT2D eigenvalue weighted by Crippen LogP contribution is -1.96. The van der Waals surface area contributed by atoms with Crippen LogP contribution in [0.4, 0.5) is 13.9 Å². The number of nitrogens with zero attached hydrogens (tertiary/aromatic N) is 3. The third-order valence-corrected chi connectivity index (χ3v) is 5.33. The summed E-state index contributed by atoms with van der Waals surface area (Å²) < 4.78 is 28.6. The predicted molar refractivity (Wildman–Crippen MR) is 93.9 cm³/mol. The Hall–Kier alpha value is -2.59. The first-order chi connectivity index (χ1) is 12.1. The van der Waals surface area contributed by atoms with Crippen molar-refractivity contribution in [2.45, 2.75) is 4.90 Å². The van der Waals surface area contributed by atoms with E-state index in [0.717, 1.165) is 11.8 Å². The predicted octanol–water partition coefficient (Wildman–Crippen LogP) is 3.80. The van der Waals surface area contributed by atoms with Crippen molar-refractivity contribution in [2.24, 2.45) is 0 Å². The van der Waals surface area contributed by atoms with Crippen LogP contribution in [0.1, 0.15) is 0 Å². The molecular formula is C15H9F2N5OS2. The van der Waals surface area contributed by atoms with Gasteiger partial charge < -0.3 is 5.32 Å². The largest absolute Gasteiger partial charge is 0.305 e. The molecule has 4 aromatic rings. The highest BCUT2D eigenvalue weighted by Gasteiger charge is 2.23. The van der Waals surface area contributed by atoms with E-state index in [1.54, 1.807) is 18.4 Å². The molecule has 0 aliphatic heterocycles. The number of hydrogen-bond donors (Lipinski definition) is 2. The quantitative estimate of drug-likeness (QED) is 0.417. The van der Waals surface area contributed by atoms with Gasteiger partial charge in [0, 0.05) is 10.9 Å². The second-order valence-corrected chi connectivity index (χ2v) is 6.79. The van der Waals surface area contributed by atoms with Crippen molar-refractivity contribution in [3.8, 4) is 11.3 Å². The van der Waals surface area contributed by atoms with Crippen molar-refractivity contribution < 1.29 is 13.6 Å². The number of thioether (sulfide) groups is 1. The number of H-pyrrole nitrogens is 1. The Kier molecular flexibility index (Phi) is 3.85. The lowest BCUT2D eigenvalue weighted by Gasteiger charge is -2.10. The molecule has 0 aliphatic rings. The Morgan fingerprint density at radius 3 is 2.88 bits per heavy atom. The summed E-state index contributed by atoms with van der Waals surface area (Å²) in [5, 5.41) is 9.66. The van der Waals surface area contributed by atoms with Gasteiger partial charge in [0.1, 0.15) is 15.9 Å². The van der Waals surface area contributed by atoms with Gasteiger partial charge in [-0.2, -0.15) is 5.10 Å². The van der Waals surface area contributed by atoms with E-state index in [2.05, 4.69) is 25.5 Å². The highest BCUT2D eigenvalue weighted by Crippen LogP contribution is 2.40. The van der Waals surface area contributed by atoms with Gasteiger partial charge in [-0.15, -0.1) is 11.8 Å². The molecule has 0 aliphatic carbocycles. The van der Waals surface area contributed by atoms with Crippen LogP contribution in [0, 0.1) is 11.6 Å². The fraction of sp³-hybridized carbons (Fsp3) is 0.0667. The molecule has 6 nitrogen and oxygen atoms in total. The molecule has 0 bridgehead atoms. The van der Waals surface area contributed by atoms with E-state index in [9.17, 15) is 13.6 Å². The Labute approximate surface area is 147 Å². The lowest BCUT2D eigenvalue weighted by molar-refractivity contribution is -0.105. The summed E-state index contributed by atoms with van der Waals surface area (Å²) in [5.41, 5.74) is 1.55. The SMILES string of the molecule is CSc1c(F)c(F)c2[nH]ncc2c1-c1ccc2nc(NC=O)sc2n1. The Bertz CT molecular complexity index is 1120. The number of aromatic nitrogens is 4. The number of aromatic amines is 1. The molecular weight excluding hydrogens is 368 g/mol. The fourth-order valence-electron chi connectivity index (χ4n) is 2.60. The van der Waals surface area contributed by atoms with Crippen LogP contribution in [-0.2, 0) is 4.79 Å². The molecule has 4 rings (SSSR count). The van der Waals surface area contributed by atoms with Gasteiger partial charge in [0.2, 0.25) is 6.41 Å². The van der Waals surface area contributed by atoms with Gasteiger partial charge in [-0.05, 0) is 18.4 Å². The summed E-state index contributed by atoms with van der Waals surface area (Å²) in [6, 6.07) is 3.41. The summed E-state index contributed by atoms with van der Waals surface area (Å²) in [6.45, 7) is 0. The van der Waals surface area contributed by atoms with Gasteiger partial charge in [-0.25, -0.2) is 18.7 Å². The maximum Gasteiger partial charge on any atom is 0.213 e. The van der Waals surface area contributed by atoms with Crippen LogP contribution in [0.2, 0.25) is 0 Å². The van der Waals surface area contributed by atoms with E-state index >= 15 is 0 Å². The molecule has 3 aromatic heterocycles. The number of nitrogens with one attached hydrogen (secondary N) is 2. The van der Waals surface area contributed by atoms with E-state index in [1.807, 2.05) is 0 Å². The van der Waals surface area contributed by atoms with E-state index in [1.165, 1.54) is 17.5 Å². The number of carbonyl (C=O) groups excluding carboxylic acids is 1. The van der Waals surface area contributed by atoms with Gasteiger partial charge in [-0.1, -0.05) is 11.3 Å². The molecule has 0 radical (unpaired) electrons. The summed E-state index contributed by atoms with van der Waals surface area (Å²) in [4.78, 5) is 20.0. The van der Waals surface area contributed by atoms with Crippen LogP contribution in [-0.4, -0.2) is 32.8 Å². The van der Waals surface area contributed by atoms with E-state index < -0.39 is 11.6 Å². The van der Waals surface area contributed by atoms with Crippen LogP contribution in [0.15, 0.2) is 23.2 Å². The number of halogens is 2. The van der Waals surface area contributed by atoms with Crippen molar-refractivity contribution >= 4 is 55.9 Å². The van der Waals surface area contributed by atoms with Crippen molar-refractivity contribution in [1.82, 2.24) is 20.2 Å². The second-order valence-electron chi connectivity index (χ2n) is 5.00. The number of fused-ring (bicyclic) bond motifs is 2. The van der Waals surface area contributed by atoms with Crippen LogP contribution >= 0.6 is 23.1 Å². The number of benzene rings is 1. The number of amides is 1. The molecule has 1 amide bonds. The third-order valence-electron chi connectivity index (χ3n) is 3.65. The average molecular weight is 377 g/mol. The van der Waals surface area contributed by atoms with Crippen LogP contribution < -0.4 is 5.32 Å². The summed E-state index contributed by atoms with van der Waals surface area (Å²) in [6.07, 6.45) is 3.66. The molecule has 2 N–H and O–H groups in total. The molecule has 126 valence electrons. The van der Waals surface area contributed by atoms with Gasteiger partial charge in [-0.3, -0.25) is 9.89 Å². The molecule has 0 saturated carbocycles. The molecule has 0 atom stereocenters. The molecule has 10 heteroatoms. The van der Waals surface area contributed by atoms with Crippen molar-refractivity contribution in [3.63, 3.8) is 0 Å². The number of pyridine rings is 1. The number of rotatable bonds is 4. The molecule has 0 spiro atoms. The lowest BCUT2D eigenvalue weighted by atomic mass is 10.1. The fourth-order valence-corrected chi connectivity index (χ4v) is 4.08. The summed E-state index contributed by atoms with van der Waals surface area (Å²) in [5.74, 6) is -1.90. The average Bonchev–Trinajstić information content (AvgIpc) is 3.24. The first-order valence-corrected chi connectivity index (χ1v) is 9.04. The number of hydrogen-bond acceptors (Lipinski definition) is 6. The van der Waals surface area contributed by atoms with Gasteiger partial charge in [0.25, 0.3) is 0 Å². The first kappa shape index (κ1) is 15.9. The zero-order valence-corrected chi connectivity index (χ0v) is 14.3. The second kappa shape index (κ2) is 6.05. The monoisotopic (exact) mass is 377 g/mol. The van der Waals surface area contributed by atoms with Crippen molar-refractivity contribution in [2.75, 3.05) is 11.6 Å². The Morgan fingerprint density at radius 2 is 2.12 bits per heavy atom. The molecule has 1 aromatic carbocycles. The molecule has 3 heterocycles. The number of thiazole rings is 1. The van der Waals surface area contributed by atoms with Crippen LogP contribution in [0.3, 0.4) is 0 Å². The highest BCUT2D eigenvalue weighted by molar-refractivity contribution is 7.98. The smallest absolute Gasteiger partial charge is 0.213 e. The minimum atomic E-state index is -0.961. The third kappa shape index (κ3) is 2.45. The Balaban J connectivity index is 2.00. The minimum absolute atomic E-state index is 0.000174. The van der Waals surface area contributed by atoms with Crippen LogP contribution in [0.5, 0.6) is 0 Å². The topological polar surface area (TPSA) is 83.6 Å². The Morgan fingerprint density at radius 1 is 1.28 bits per heavy atom. The summed E-state index contributed by atoms with van der Waals surface area (Å²) >= 11 is 2.30. The van der Waals surface area contributed by atoms with E-state index in [-0.39, 0.29) is 10.4 Å². The molecule has 25 heavy (non-hydrogen) atoms. The highest BCUT2D eigenvalue weighted by atomic mass is 32.2. The number of carbonyl (C=O) groups is 1. The van der Waals surface area contributed by atoms with Crippen molar-refractivity contribution in [3.05, 3.63) is 30.0 Å². The van der Waals surface area contributed by atoms with Crippen LogP contribution in [0.25, 0.3) is 32.5 Å². The standard InChI is InChI=1S/C15H9F2N5OS2/c1-24-13-9(6-4-19-22-12(6)10(16)11(13)17)7-2-3-8-14(20-7)25-15(21-8)18-5-23/h2-5H,1H3,(H,19,22)(H,18,21,23).